The van der Waals surface area contributed by atoms with Gasteiger partial charge < -0.3 is 0 Å². The van der Waals surface area contributed by atoms with E-state index >= 15 is 0 Å². The molecule has 0 amide bonds. The van der Waals surface area contributed by atoms with Crippen molar-refractivity contribution in [3.63, 3.8) is 0 Å². The highest BCUT2D eigenvalue weighted by Gasteiger charge is 2.40. The summed E-state index contributed by atoms with van der Waals surface area (Å²) in [5.74, 6) is 1.70. The molecule has 0 aromatic rings. The number of carbonyl (C=O) groups excluding carboxylic acids is 1. The van der Waals surface area contributed by atoms with E-state index in [4.69, 9.17) is 0 Å². The van der Waals surface area contributed by atoms with Gasteiger partial charge in [-0.05, 0) is 37.2 Å². The molecule has 0 bridgehead atoms. The maximum absolute atomic E-state index is 11.2. The Kier molecular flexibility index (Phi) is 1.67. The van der Waals surface area contributed by atoms with Gasteiger partial charge in [0.05, 0.1) is 0 Å². The molecular formula is C11H14O. The summed E-state index contributed by atoms with van der Waals surface area (Å²) in [6, 6.07) is 0. The molecule has 0 aromatic heterocycles. The highest BCUT2D eigenvalue weighted by atomic mass is 16.1. The van der Waals surface area contributed by atoms with Crippen LogP contribution in [0.2, 0.25) is 0 Å². The van der Waals surface area contributed by atoms with E-state index in [1.54, 1.807) is 0 Å². The fourth-order valence-corrected chi connectivity index (χ4v) is 2.14. The van der Waals surface area contributed by atoms with E-state index in [0.717, 1.165) is 18.4 Å². The average Bonchev–Trinajstić information content (AvgIpc) is 2.77. The molecule has 0 radical (unpaired) electrons. The SMILES string of the molecule is C=CC1CC1C1=C(C)C(=O)CC1. The van der Waals surface area contributed by atoms with Crippen molar-refractivity contribution in [3.05, 3.63) is 23.8 Å². The molecule has 0 aliphatic heterocycles. The van der Waals surface area contributed by atoms with Crippen molar-refractivity contribution in [2.24, 2.45) is 11.8 Å². The monoisotopic (exact) mass is 162 g/mol. The average molecular weight is 162 g/mol. The maximum Gasteiger partial charge on any atom is 0.158 e. The Bertz CT molecular complexity index is 273. The third-order valence-corrected chi connectivity index (χ3v) is 3.11. The summed E-state index contributed by atoms with van der Waals surface area (Å²) >= 11 is 0. The zero-order chi connectivity index (χ0) is 8.72. The van der Waals surface area contributed by atoms with Gasteiger partial charge in [-0.1, -0.05) is 11.6 Å². The first-order valence-corrected chi connectivity index (χ1v) is 4.59. The molecule has 12 heavy (non-hydrogen) atoms. The second-order valence-corrected chi connectivity index (χ2v) is 3.82. The van der Waals surface area contributed by atoms with Crippen LogP contribution in [-0.2, 0) is 4.79 Å². The summed E-state index contributed by atoms with van der Waals surface area (Å²) in [5, 5.41) is 0. The second kappa shape index (κ2) is 2.58. The number of Topliss-reactive ketones (excluding diaryl/α,β-unsaturated/α-hetero) is 1. The summed E-state index contributed by atoms with van der Waals surface area (Å²) in [5.41, 5.74) is 2.47. The normalized spacial score (nSPS) is 34.2. The Labute approximate surface area is 73.2 Å². The Morgan fingerprint density at radius 1 is 1.50 bits per heavy atom. The van der Waals surface area contributed by atoms with Crippen molar-refractivity contribution >= 4 is 5.78 Å². The van der Waals surface area contributed by atoms with E-state index in [1.807, 2.05) is 13.0 Å². The molecule has 2 aliphatic carbocycles. The smallest absolute Gasteiger partial charge is 0.158 e. The van der Waals surface area contributed by atoms with E-state index in [0.29, 0.717) is 17.6 Å². The largest absolute Gasteiger partial charge is 0.295 e. The molecule has 64 valence electrons. The van der Waals surface area contributed by atoms with Crippen LogP contribution >= 0.6 is 0 Å². The topological polar surface area (TPSA) is 17.1 Å². The minimum absolute atomic E-state index is 0.361. The van der Waals surface area contributed by atoms with Crippen molar-refractivity contribution in [1.29, 1.82) is 0 Å². The van der Waals surface area contributed by atoms with E-state index in [-0.39, 0.29) is 0 Å². The Morgan fingerprint density at radius 2 is 2.25 bits per heavy atom. The van der Waals surface area contributed by atoms with Crippen molar-refractivity contribution in [3.8, 4) is 0 Å². The number of rotatable bonds is 2. The summed E-state index contributed by atoms with van der Waals surface area (Å²) in [4.78, 5) is 11.2. The lowest BCUT2D eigenvalue weighted by atomic mass is 10.1. The zero-order valence-corrected chi connectivity index (χ0v) is 7.47. The molecule has 2 rings (SSSR count). The van der Waals surface area contributed by atoms with Crippen LogP contribution in [0.3, 0.4) is 0 Å². The molecule has 0 heterocycles. The summed E-state index contributed by atoms with van der Waals surface area (Å²) in [6.07, 6.45) is 5.01. The van der Waals surface area contributed by atoms with Crippen LogP contribution in [0.15, 0.2) is 23.8 Å². The van der Waals surface area contributed by atoms with Gasteiger partial charge in [-0.25, -0.2) is 0 Å². The molecule has 1 fully saturated rings. The molecule has 2 unspecified atom stereocenters. The van der Waals surface area contributed by atoms with Gasteiger partial charge in [0, 0.05) is 6.42 Å². The molecule has 0 N–H and O–H groups in total. The highest BCUT2D eigenvalue weighted by Crippen LogP contribution is 2.49. The summed E-state index contributed by atoms with van der Waals surface area (Å²) < 4.78 is 0. The van der Waals surface area contributed by atoms with Crippen LogP contribution < -0.4 is 0 Å². The standard InChI is InChI=1S/C11H14O/c1-3-8-6-10(8)9-4-5-11(12)7(9)2/h3,8,10H,1,4-6H2,2H3. The van der Waals surface area contributed by atoms with Crippen molar-refractivity contribution < 1.29 is 4.79 Å². The maximum atomic E-state index is 11.2. The molecule has 0 aromatic carbocycles. The number of hydrogen-bond donors (Lipinski definition) is 0. The lowest BCUT2D eigenvalue weighted by molar-refractivity contribution is -0.114. The fraction of sp³-hybridized carbons (Fsp3) is 0.545. The van der Waals surface area contributed by atoms with Crippen LogP contribution in [0.4, 0.5) is 0 Å². The van der Waals surface area contributed by atoms with E-state index < -0.39 is 0 Å². The van der Waals surface area contributed by atoms with Gasteiger partial charge >= 0.3 is 0 Å². The Hall–Kier alpha value is -0.850. The van der Waals surface area contributed by atoms with Crippen LogP contribution in [0.25, 0.3) is 0 Å². The van der Waals surface area contributed by atoms with Crippen LogP contribution in [0.5, 0.6) is 0 Å². The highest BCUT2D eigenvalue weighted by molar-refractivity contribution is 5.98. The molecule has 1 nitrogen and oxygen atoms in total. The molecular weight excluding hydrogens is 148 g/mol. The zero-order valence-electron chi connectivity index (χ0n) is 7.47. The molecule has 1 heteroatoms. The summed E-state index contributed by atoms with van der Waals surface area (Å²) in [6.45, 7) is 5.76. The Morgan fingerprint density at radius 3 is 2.67 bits per heavy atom. The molecule has 0 saturated heterocycles. The van der Waals surface area contributed by atoms with Gasteiger partial charge in [-0.2, -0.15) is 0 Å². The van der Waals surface area contributed by atoms with Gasteiger partial charge in [-0.15, -0.1) is 6.58 Å². The number of carbonyl (C=O) groups is 1. The van der Waals surface area contributed by atoms with Crippen molar-refractivity contribution in [2.45, 2.75) is 26.2 Å². The van der Waals surface area contributed by atoms with Crippen LogP contribution in [0, 0.1) is 11.8 Å². The molecule has 2 aliphatic rings. The van der Waals surface area contributed by atoms with Gasteiger partial charge in [0.2, 0.25) is 0 Å². The lowest BCUT2D eigenvalue weighted by Gasteiger charge is -1.98. The third kappa shape index (κ3) is 1.04. The van der Waals surface area contributed by atoms with Gasteiger partial charge in [0.25, 0.3) is 0 Å². The van der Waals surface area contributed by atoms with E-state index in [9.17, 15) is 4.79 Å². The first-order valence-electron chi connectivity index (χ1n) is 4.59. The third-order valence-electron chi connectivity index (χ3n) is 3.11. The first-order chi connectivity index (χ1) is 5.74. The lowest BCUT2D eigenvalue weighted by Crippen LogP contribution is -1.91. The number of ketones is 1. The quantitative estimate of drug-likeness (QED) is 0.570. The van der Waals surface area contributed by atoms with Gasteiger partial charge in [0.15, 0.2) is 5.78 Å². The predicted octanol–water partition coefficient (Wildman–Crippen LogP) is 2.49. The minimum atomic E-state index is 0.361. The second-order valence-electron chi connectivity index (χ2n) is 3.82. The minimum Gasteiger partial charge on any atom is -0.295 e. The van der Waals surface area contributed by atoms with Crippen LogP contribution in [-0.4, -0.2) is 5.78 Å². The predicted molar refractivity (Wildman–Crippen MR) is 48.7 cm³/mol. The molecule has 0 spiro atoms. The summed E-state index contributed by atoms with van der Waals surface area (Å²) in [7, 11) is 0. The van der Waals surface area contributed by atoms with Gasteiger partial charge in [-0.3, -0.25) is 4.79 Å². The Balaban J connectivity index is 2.15. The van der Waals surface area contributed by atoms with E-state index in [2.05, 4.69) is 6.58 Å². The van der Waals surface area contributed by atoms with Crippen molar-refractivity contribution in [1.82, 2.24) is 0 Å². The number of allylic oxidation sites excluding steroid dienone is 3. The van der Waals surface area contributed by atoms with Crippen LogP contribution in [0.1, 0.15) is 26.2 Å². The molecule has 1 saturated carbocycles. The van der Waals surface area contributed by atoms with Gasteiger partial charge in [0.1, 0.15) is 0 Å². The number of hydrogen-bond acceptors (Lipinski definition) is 1. The van der Waals surface area contributed by atoms with Crippen molar-refractivity contribution in [2.75, 3.05) is 0 Å². The molecule has 2 atom stereocenters. The fourth-order valence-electron chi connectivity index (χ4n) is 2.14. The van der Waals surface area contributed by atoms with E-state index in [1.165, 1.54) is 12.0 Å². The first kappa shape index (κ1) is 7.78.